The zero-order valence-corrected chi connectivity index (χ0v) is 7.78. The minimum Gasteiger partial charge on any atom is -0.339 e. The van der Waals surface area contributed by atoms with Gasteiger partial charge >= 0.3 is 0 Å². The fourth-order valence-electron chi connectivity index (χ4n) is 1.53. The van der Waals surface area contributed by atoms with Crippen molar-refractivity contribution in [2.45, 2.75) is 0 Å². The number of nitrogens with one attached hydrogen (secondary N) is 1. The van der Waals surface area contributed by atoms with Crippen LogP contribution in [-0.4, -0.2) is 19.9 Å². The minimum absolute atomic E-state index is 0.453. The quantitative estimate of drug-likeness (QED) is 0.571. The van der Waals surface area contributed by atoms with Crippen molar-refractivity contribution in [2.75, 3.05) is 0 Å². The number of aromatic amines is 1. The molecule has 0 unspecified atom stereocenters. The maximum absolute atomic E-state index is 5.98. The molecule has 3 aromatic rings. The van der Waals surface area contributed by atoms with Crippen molar-refractivity contribution < 1.29 is 0 Å². The number of fused-ring (bicyclic) bond motifs is 3. The summed E-state index contributed by atoms with van der Waals surface area (Å²) in [6.07, 6.45) is 4.91. The maximum atomic E-state index is 5.98. The highest BCUT2D eigenvalue weighted by molar-refractivity contribution is 6.36. The predicted molar refractivity (Wildman–Crippen MR) is 54.2 cm³/mol. The van der Waals surface area contributed by atoms with Crippen molar-refractivity contribution in [3.8, 4) is 0 Å². The Bertz CT molecular complexity index is 616. The van der Waals surface area contributed by atoms with Gasteiger partial charge in [0.05, 0.1) is 10.9 Å². The number of nitrogens with zero attached hydrogens (tertiary/aromatic N) is 3. The summed E-state index contributed by atoms with van der Waals surface area (Å²) in [4.78, 5) is 15.2. The van der Waals surface area contributed by atoms with Crippen molar-refractivity contribution in [2.24, 2.45) is 0 Å². The van der Waals surface area contributed by atoms with Crippen LogP contribution in [0.3, 0.4) is 0 Å². The number of aromatic nitrogens is 4. The average molecular weight is 205 g/mol. The molecule has 0 aromatic carbocycles. The molecule has 14 heavy (non-hydrogen) atoms. The van der Waals surface area contributed by atoms with Gasteiger partial charge in [-0.1, -0.05) is 11.6 Å². The number of pyridine rings is 1. The molecule has 0 amide bonds. The zero-order valence-electron chi connectivity index (χ0n) is 7.03. The summed E-state index contributed by atoms with van der Waals surface area (Å²) in [6.45, 7) is 0. The Morgan fingerprint density at radius 1 is 1.29 bits per heavy atom. The van der Waals surface area contributed by atoms with Crippen molar-refractivity contribution in [3.05, 3.63) is 29.9 Å². The summed E-state index contributed by atoms with van der Waals surface area (Å²) >= 11 is 5.98. The van der Waals surface area contributed by atoms with Crippen LogP contribution in [0.1, 0.15) is 0 Å². The lowest BCUT2D eigenvalue weighted by molar-refractivity contribution is 1.21. The zero-order chi connectivity index (χ0) is 9.54. The SMILES string of the molecule is Clc1ncnc2[nH]c3ccncc3c12. The summed E-state index contributed by atoms with van der Waals surface area (Å²) in [5.41, 5.74) is 1.71. The summed E-state index contributed by atoms with van der Waals surface area (Å²) in [5, 5.41) is 2.24. The van der Waals surface area contributed by atoms with Gasteiger partial charge < -0.3 is 4.98 Å². The molecule has 3 heterocycles. The van der Waals surface area contributed by atoms with Crippen LogP contribution in [-0.2, 0) is 0 Å². The second kappa shape index (κ2) is 2.65. The molecule has 0 saturated heterocycles. The molecule has 4 nitrogen and oxygen atoms in total. The minimum atomic E-state index is 0.453. The second-order valence-corrected chi connectivity index (χ2v) is 3.29. The fourth-order valence-corrected chi connectivity index (χ4v) is 1.76. The van der Waals surface area contributed by atoms with E-state index in [-0.39, 0.29) is 0 Å². The van der Waals surface area contributed by atoms with Gasteiger partial charge in [-0.25, -0.2) is 9.97 Å². The third kappa shape index (κ3) is 0.914. The Kier molecular flexibility index (Phi) is 1.46. The molecule has 3 aromatic heterocycles. The Labute approximate surface area is 84.0 Å². The van der Waals surface area contributed by atoms with E-state index in [1.165, 1.54) is 6.33 Å². The van der Waals surface area contributed by atoms with Gasteiger partial charge in [0.2, 0.25) is 0 Å². The molecular formula is C9H5ClN4. The molecule has 0 aliphatic rings. The monoisotopic (exact) mass is 204 g/mol. The first-order valence-corrected chi connectivity index (χ1v) is 4.46. The smallest absolute Gasteiger partial charge is 0.143 e. The van der Waals surface area contributed by atoms with Crippen LogP contribution in [0, 0.1) is 0 Å². The van der Waals surface area contributed by atoms with Crippen molar-refractivity contribution in [1.82, 2.24) is 19.9 Å². The fraction of sp³-hybridized carbons (Fsp3) is 0. The van der Waals surface area contributed by atoms with E-state index in [1.807, 2.05) is 6.07 Å². The second-order valence-electron chi connectivity index (χ2n) is 2.93. The van der Waals surface area contributed by atoms with E-state index in [2.05, 4.69) is 19.9 Å². The highest BCUT2D eigenvalue weighted by Gasteiger charge is 2.08. The Morgan fingerprint density at radius 3 is 3.14 bits per heavy atom. The molecule has 0 aliphatic heterocycles. The molecule has 68 valence electrons. The van der Waals surface area contributed by atoms with Gasteiger partial charge in [0.1, 0.15) is 17.1 Å². The van der Waals surface area contributed by atoms with E-state index in [0.717, 1.165) is 21.9 Å². The summed E-state index contributed by atoms with van der Waals surface area (Å²) < 4.78 is 0. The molecule has 5 heteroatoms. The van der Waals surface area contributed by atoms with Crippen molar-refractivity contribution in [3.63, 3.8) is 0 Å². The first-order chi connectivity index (χ1) is 6.86. The van der Waals surface area contributed by atoms with Gasteiger partial charge in [0.25, 0.3) is 0 Å². The Balaban J connectivity index is 2.65. The van der Waals surface area contributed by atoms with Gasteiger partial charge in [0.15, 0.2) is 0 Å². The molecule has 0 aliphatic carbocycles. The summed E-state index contributed by atoms with van der Waals surface area (Å²) in [5.74, 6) is 0. The van der Waals surface area contributed by atoms with Gasteiger partial charge in [0, 0.05) is 17.8 Å². The third-order valence-corrected chi connectivity index (χ3v) is 2.43. The molecule has 0 radical (unpaired) electrons. The molecule has 0 atom stereocenters. The van der Waals surface area contributed by atoms with Crippen LogP contribution in [0.2, 0.25) is 5.15 Å². The van der Waals surface area contributed by atoms with E-state index >= 15 is 0 Å². The Morgan fingerprint density at radius 2 is 2.21 bits per heavy atom. The van der Waals surface area contributed by atoms with E-state index in [9.17, 15) is 0 Å². The van der Waals surface area contributed by atoms with E-state index in [4.69, 9.17) is 11.6 Å². The summed E-state index contributed by atoms with van der Waals surface area (Å²) in [7, 11) is 0. The van der Waals surface area contributed by atoms with Crippen molar-refractivity contribution >= 4 is 33.5 Å². The van der Waals surface area contributed by atoms with Gasteiger partial charge in [-0.05, 0) is 6.07 Å². The molecule has 0 fully saturated rings. The average Bonchev–Trinajstić information content (AvgIpc) is 2.57. The van der Waals surface area contributed by atoms with Crippen LogP contribution in [0.15, 0.2) is 24.8 Å². The van der Waals surface area contributed by atoms with Crippen LogP contribution in [0.4, 0.5) is 0 Å². The Hall–Kier alpha value is -1.68. The lowest BCUT2D eigenvalue weighted by atomic mass is 10.3. The maximum Gasteiger partial charge on any atom is 0.143 e. The third-order valence-electron chi connectivity index (χ3n) is 2.14. The van der Waals surface area contributed by atoms with Gasteiger partial charge in [-0.3, -0.25) is 4.98 Å². The normalized spacial score (nSPS) is 11.2. The molecule has 0 bridgehead atoms. The molecule has 3 rings (SSSR count). The highest BCUT2D eigenvalue weighted by Crippen LogP contribution is 2.27. The standard InChI is InChI=1S/C9H5ClN4/c10-8-7-5-3-11-2-1-6(5)14-9(7)13-4-12-8/h1-4H,(H,12,13,14). The predicted octanol–water partition coefficient (Wildman–Crippen LogP) is 2.16. The van der Waals surface area contributed by atoms with E-state index in [1.54, 1.807) is 12.4 Å². The highest BCUT2D eigenvalue weighted by atomic mass is 35.5. The number of hydrogen-bond donors (Lipinski definition) is 1. The molecule has 0 spiro atoms. The lowest BCUT2D eigenvalue weighted by Crippen LogP contribution is -1.80. The van der Waals surface area contributed by atoms with Gasteiger partial charge in [-0.15, -0.1) is 0 Å². The first kappa shape index (κ1) is 7.70. The van der Waals surface area contributed by atoms with Crippen LogP contribution >= 0.6 is 11.6 Å². The van der Waals surface area contributed by atoms with Crippen LogP contribution in [0.25, 0.3) is 21.9 Å². The van der Waals surface area contributed by atoms with E-state index in [0.29, 0.717) is 5.15 Å². The van der Waals surface area contributed by atoms with Crippen LogP contribution in [0.5, 0.6) is 0 Å². The van der Waals surface area contributed by atoms with Crippen molar-refractivity contribution in [1.29, 1.82) is 0 Å². The largest absolute Gasteiger partial charge is 0.339 e. The number of hydrogen-bond acceptors (Lipinski definition) is 3. The number of halogens is 1. The molecule has 0 saturated carbocycles. The summed E-state index contributed by atoms with van der Waals surface area (Å²) in [6, 6.07) is 1.88. The van der Waals surface area contributed by atoms with Crippen LogP contribution < -0.4 is 0 Å². The first-order valence-electron chi connectivity index (χ1n) is 4.08. The topological polar surface area (TPSA) is 54.5 Å². The van der Waals surface area contributed by atoms with Gasteiger partial charge in [-0.2, -0.15) is 0 Å². The number of rotatable bonds is 0. The molecule has 1 N–H and O–H groups in total. The van der Waals surface area contributed by atoms with E-state index < -0.39 is 0 Å². The molecular weight excluding hydrogens is 200 g/mol. The lowest BCUT2D eigenvalue weighted by Gasteiger charge is -1.90. The number of H-pyrrole nitrogens is 1.